The Hall–Kier alpha value is -2.09. The van der Waals surface area contributed by atoms with Crippen molar-refractivity contribution in [2.24, 2.45) is 5.73 Å². The molecule has 0 fully saturated rings. The third kappa shape index (κ3) is 6.04. The summed E-state index contributed by atoms with van der Waals surface area (Å²) in [6, 6.07) is 7.27. The van der Waals surface area contributed by atoms with Crippen molar-refractivity contribution in [3.63, 3.8) is 0 Å². The summed E-state index contributed by atoms with van der Waals surface area (Å²) in [5, 5.41) is 2.08. The van der Waals surface area contributed by atoms with Crippen molar-refractivity contribution in [3.8, 4) is 0 Å². The zero-order chi connectivity index (χ0) is 19.5. The van der Waals surface area contributed by atoms with Crippen LogP contribution in [0.1, 0.15) is 33.3 Å². The van der Waals surface area contributed by atoms with Crippen molar-refractivity contribution in [1.29, 1.82) is 0 Å². The summed E-state index contributed by atoms with van der Waals surface area (Å²) in [5.41, 5.74) is 1.80. The number of benzene rings is 1. The van der Waals surface area contributed by atoms with Crippen LogP contribution in [0, 0.1) is 0 Å². The average Bonchev–Trinajstić information content (AvgIpc) is 2.44. The van der Waals surface area contributed by atoms with Gasteiger partial charge in [0.05, 0.1) is 0 Å². The topological polar surface area (TPSA) is 81.4 Å². The van der Waals surface area contributed by atoms with Crippen molar-refractivity contribution >= 4 is 11.9 Å². The first kappa shape index (κ1) is 21.0. The molecule has 0 aliphatic heterocycles. The van der Waals surface area contributed by atoms with Gasteiger partial charge in [-0.3, -0.25) is 4.79 Å². The van der Waals surface area contributed by atoms with Crippen LogP contribution in [-0.4, -0.2) is 35.2 Å². The highest BCUT2D eigenvalue weighted by Gasteiger charge is 2.54. The Morgan fingerprint density at radius 1 is 1.12 bits per heavy atom. The number of amides is 1. The van der Waals surface area contributed by atoms with Gasteiger partial charge in [-0.05, 0) is 33.3 Å². The van der Waals surface area contributed by atoms with Crippen LogP contribution >= 0.6 is 0 Å². The monoisotopic (exact) mass is 360 g/mol. The van der Waals surface area contributed by atoms with Crippen LogP contribution in [-0.2, 0) is 20.7 Å². The molecule has 1 amide bonds. The summed E-state index contributed by atoms with van der Waals surface area (Å²) in [5.74, 6) is -2.32. The summed E-state index contributed by atoms with van der Waals surface area (Å²) >= 11 is 0. The number of hydrogen-bond acceptors (Lipinski definition) is 4. The lowest BCUT2D eigenvalue weighted by atomic mass is 10.00. The fourth-order valence-electron chi connectivity index (χ4n) is 1.85. The van der Waals surface area contributed by atoms with E-state index in [1.165, 1.54) is 0 Å². The second-order valence-electron chi connectivity index (χ2n) is 6.95. The number of nitrogens with two attached hydrogens (primary N) is 1. The highest BCUT2D eigenvalue weighted by molar-refractivity contribution is 5.91. The van der Waals surface area contributed by atoms with Gasteiger partial charge in [0.25, 0.3) is 0 Å². The van der Waals surface area contributed by atoms with E-state index in [1.54, 1.807) is 51.1 Å². The predicted molar refractivity (Wildman–Crippen MR) is 86.6 cm³/mol. The van der Waals surface area contributed by atoms with E-state index in [-0.39, 0.29) is 6.42 Å². The molecule has 2 atom stereocenters. The molecule has 0 radical (unpaired) electrons. The van der Waals surface area contributed by atoms with Gasteiger partial charge in [0.2, 0.25) is 5.91 Å². The number of rotatable bonds is 5. The highest BCUT2D eigenvalue weighted by Crippen LogP contribution is 2.28. The number of carbonyl (C=O) groups is 2. The van der Waals surface area contributed by atoms with Gasteiger partial charge < -0.3 is 15.8 Å². The lowest BCUT2D eigenvalue weighted by Gasteiger charge is -2.30. The molecule has 0 saturated heterocycles. The van der Waals surface area contributed by atoms with Crippen molar-refractivity contribution in [2.45, 2.75) is 57.5 Å². The molecular weight excluding hydrogens is 337 g/mol. The number of esters is 1. The summed E-state index contributed by atoms with van der Waals surface area (Å²) < 4.78 is 44.0. The van der Waals surface area contributed by atoms with Crippen LogP contribution in [0.3, 0.4) is 0 Å². The molecule has 0 unspecified atom stereocenters. The van der Waals surface area contributed by atoms with Crippen molar-refractivity contribution in [1.82, 2.24) is 5.32 Å². The van der Waals surface area contributed by atoms with Gasteiger partial charge in [-0.1, -0.05) is 30.3 Å². The minimum Gasteiger partial charge on any atom is -0.458 e. The number of carbonyl (C=O) groups excluding carboxylic acids is 2. The zero-order valence-corrected chi connectivity index (χ0v) is 14.6. The Bertz CT molecular complexity index is 608. The molecule has 140 valence electrons. The van der Waals surface area contributed by atoms with Gasteiger partial charge in [-0.15, -0.1) is 0 Å². The number of alkyl halides is 3. The van der Waals surface area contributed by atoms with Crippen LogP contribution in [0.4, 0.5) is 13.2 Å². The van der Waals surface area contributed by atoms with Gasteiger partial charge >= 0.3 is 12.1 Å². The van der Waals surface area contributed by atoms with E-state index in [0.29, 0.717) is 12.5 Å². The Morgan fingerprint density at radius 2 is 1.64 bits per heavy atom. The first-order valence-electron chi connectivity index (χ1n) is 7.67. The van der Waals surface area contributed by atoms with Crippen molar-refractivity contribution < 1.29 is 27.5 Å². The van der Waals surface area contributed by atoms with E-state index in [9.17, 15) is 22.8 Å². The maximum atomic E-state index is 12.9. The predicted octanol–water partition coefficient (Wildman–Crippen LogP) is 2.34. The molecule has 0 saturated carbocycles. The quantitative estimate of drug-likeness (QED) is 0.790. The third-order valence-electron chi connectivity index (χ3n) is 3.34. The summed E-state index contributed by atoms with van der Waals surface area (Å²) in [4.78, 5) is 24.3. The molecule has 1 aromatic carbocycles. The summed E-state index contributed by atoms with van der Waals surface area (Å²) in [7, 11) is 0. The van der Waals surface area contributed by atoms with E-state index in [4.69, 9.17) is 10.5 Å². The minimum absolute atomic E-state index is 0.0184. The fraction of sp³-hybridized carbons (Fsp3) is 0.529. The fourth-order valence-corrected chi connectivity index (χ4v) is 1.85. The second kappa shape index (κ2) is 7.43. The molecule has 0 aromatic heterocycles. The minimum atomic E-state index is -4.96. The smallest absolute Gasteiger partial charge is 0.415 e. The molecule has 0 aliphatic rings. The van der Waals surface area contributed by atoms with Crippen LogP contribution in [0.15, 0.2) is 30.3 Å². The molecule has 5 nitrogen and oxygen atoms in total. The van der Waals surface area contributed by atoms with Gasteiger partial charge in [0.15, 0.2) is 5.54 Å². The maximum absolute atomic E-state index is 12.9. The van der Waals surface area contributed by atoms with Crippen LogP contribution in [0.25, 0.3) is 0 Å². The average molecular weight is 360 g/mol. The Morgan fingerprint density at radius 3 is 2.08 bits per heavy atom. The van der Waals surface area contributed by atoms with Crippen LogP contribution < -0.4 is 11.1 Å². The Labute approximate surface area is 144 Å². The maximum Gasteiger partial charge on any atom is 0.415 e. The molecule has 8 heteroatoms. The van der Waals surface area contributed by atoms with Gasteiger partial charge in [-0.2, -0.15) is 13.2 Å². The lowest BCUT2D eigenvalue weighted by Crippen LogP contribution is -2.63. The summed E-state index contributed by atoms with van der Waals surface area (Å²) in [6.07, 6.45) is -4.97. The van der Waals surface area contributed by atoms with Crippen LogP contribution in [0.5, 0.6) is 0 Å². The first-order chi connectivity index (χ1) is 11.2. The van der Waals surface area contributed by atoms with Crippen LogP contribution in [0.2, 0.25) is 0 Å². The second-order valence-corrected chi connectivity index (χ2v) is 6.95. The number of nitrogens with one attached hydrogen (secondary N) is 1. The number of halogens is 3. The van der Waals surface area contributed by atoms with E-state index in [0.717, 1.165) is 0 Å². The van der Waals surface area contributed by atoms with Gasteiger partial charge in [-0.25, -0.2) is 4.79 Å². The molecular formula is C17H23F3N2O3. The highest BCUT2D eigenvalue weighted by atomic mass is 19.4. The number of ether oxygens (including phenoxy) is 1. The molecule has 0 heterocycles. The van der Waals surface area contributed by atoms with E-state index in [2.05, 4.69) is 5.32 Å². The van der Waals surface area contributed by atoms with Gasteiger partial charge in [0, 0.05) is 6.42 Å². The lowest BCUT2D eigenvalue weighted by molar-refractivity contribution is -0.189. The third-order valence-corrected chi connectivity index (χ3v) is 3.34. The molecule has 25 heavy (non-hydrogen) atoms. The zero-order valence-electron chi connectivity index (χ0n) is 14.6. The molecule has 0 aliphatic carbocycles. The SMILES string of the molecule is CC(C)(C)OC(=O)[C@H](Cc1ccccc1)NC(=O)[C@@](C)(N)C(F)(F)F. The number of hydrogen-bond donors (Lipinski definition) is 2. The standard InChI is InChI=1S/C17H23F3N2O3/c1-15(2,3)25-13(23)12(10-11-8-6-5-7-9-11)22-14(24)16(4,21)17(18,19)20/h5-9,12H,10,21H2,1-4H3,(H,22,24)/t12-,16+/m0/s1. The van der Waals surface area contributed by atoms with Gasteiger partial charge in [0.1, 0.15) is 11.6 Å². The Balaban J connectivity index is 3.02. The first-order valence-corrected chi connectivity index (χ1v) is 7.67. The molecule has 0 spiro atoms. The van der Waals surface area contributed by atoms with E-state index < -0.39 is 35.2 Å². The van der Waals surface area contributed by atoms with E-state index in [1.807, 2.05) is 0 Å². The van der Waals surface area contributed by atoms with Crippen molar-refractivity contribution in [3.05, 3.63) is 35.9 Å². The Kier molecular flexibility index (Phi) is 6.23. The van der Waals surface area contributed by atoms with E-state index >= 15 is 0 Å². The van der Waals surface area contributed by atoms with Crippen molar-refractivity contribution in [2.75, 3.05) is 0 Å². The molecule has 3 N–H and O–H groups in total. The normalized spacial score (nSPS) is 15.8. The molecule has 1 aromatic rings. The largest absolute Gasteiger partial charge is 0.458 e. The molecule has 0 bridgehead atoms. The molecule has 1 rings (SSSR count). The summed E-state index contributed by atoms with van der Waals surface area (Å²) in [6.45, 7) is 5.41.